The smallest absolute Gasteiger partial charge is 0.128 e. The van der Waals surface area contributed by atoms with Crippen molar-refractivity contribution in [2.45, 2.75) is 74.4 Å². The van der Waals surface area contributed by atoms with Crippen molar-refractivity contribution in [3.63, 3.8) is 0 Å². The van der Waals surface area contributed by atoms with E-state index in [1.54, 1.807) is 0 Å². The van der Waals surface area contributed by atoms with Gasteiger partial charge < -0.3 is 0 Å². The summed E-state index contributed by atoms with van der Waals surface area (Å²) in [5, 5.41) is 0. The Hall–Kier alpha value is -0.440. The van der Waals surface area contributed by atoms with Gasteiger partial charge in [-0.25, -0.2) is 19.9 Å². The van der Waals surface area contributed by atoms with E-state index in [2.05, 4.69) is 70.5 Å². The van der Waals surface area contributed by atoms with E-state index in [9.17, 15) is 0 Å². The Labute approximate surface area is 190 Å². The second kappa shape index (κ2) is 13.7. The maximum absolute atomic E-state index is 4.56. The molecule has 0 atom stereocenters. The molecule has 0 radical (unpaired) electrons. The molecule has 0 saturated carbocycles. The van der Waals surface area contributed by atoms with E-state index in [0.29, 0.717) is 23.0 Å². The molecule has 154 valence electrons. The minimum Gasteiger partial charge on any atom is -0.237 e. The van der Waals surface area contributed by atoms with E-state index in [1.165, 1.54) is 25.7 Å². The van der Waals surface area contributed by atoms with Gasteiger partial charge in [-0.05, 0) is 25.0 Å². The van der Waals surface area contributed by atoms with Crippen molar-refractivity contribution in [1.29, 1.82) is 0 Å². The van der Waals surface area contributed by atoms with Crippen LogP contribution < -0.4 is 0 Å². The summed E-state index contributed by atoms with van der Waals surface area (Å²) >= 11 is 17.3. The van der Waals surface area contributed by atoms with Crippen molar-refractivity contribution in [2.24, 2.45) is 0 Å². The Morgan fingerprint density at radius 2 is 0.750 bits per heavy atom. The summed E-state index contributed by atoms with van der Waals surface area (Å²) in [6, 6.07) is 3.97. The predicted octanol–water partition coefficient (Wildman–Crippen LogP) is 5.11. The minimum atomic E-state index is 0.645. The normalized spacial score (nSPS) is 11.1. The lowest BCUT2D eigenvalue weighted by Crippen LogP contribution is -2.02. The summed E-state index contributed by atoms with van der Waals surface area (Å²) in [5.74, 6) is 4.44. The zero-order valence-corrected chi connectivity index (χ0v) is 19.8. The predicted molar refractivity (Wildman–Crippen MR) is 130 cm³/mol. The van der Waals surface area contributed by atoms with Crippen LogP contribution in [-0.2, 0) is 35.9 Å². The summed E-state index contributed by atoms with van der Waals surface area (Å²) in [6.07, 6.45) is 9.01. The van der Waals surface area contributed by atoms with Crippen LogP contribution in [0.1, 0.15) is 72.9 Å². The summed E-state index contributed by atoms with van der Waals surface area (Å²) in [6.45, 7) is 0. The summed E-state index contributed by atoms with van der Waals surface area (Å²) in [4.78, 5) is 18.3. The van der Waals surface area contributed by atoms with E-state index in [0.717, 1.165) is 60.1 Å². The van der Waals surface area contributed by atoms with E-state index in [-0.39, 0.29) is 0 Å². The van der Waals surface area contributed by atoms with Gasteiger partial charge in [0, 0.05) is 35.9 Å². The first-order valence-corrected chi connectivity index (χ1v) is 12.4. The molecule has 0 aliphatic heterocycles. The molecule has 0 aromatic carbocycles. The highest BCUT2D eigenvalue weighted by atomic mass is 32.1. The molecule has 2 rings (SSSR count). The Bertz CT molecular complexity index is 621. The number of rotatable bonds is 13. The number of aromatic nitrogens is 4. The quantitative estimate of drug-likeness (QED) is 0.251. The Morgan fingerprint density at radius 1 is 0.464 bits per heavy atom. The van der Waals surface area contributed by atoms with Crippen molar-refractivity contribution in [3.8, 4) is 0 Å². The zero-order valence-electron chi connectivity index (χ0n) is 16.2. The molecule has 8 heteroatoms. The maximum atomic E-state index is 4.56. The number of unbranched alkanes of at least 4 members (excludes halogenated alkanes) is 5. The molecule has 0 amide bonds. The van der Waals surface area contributed by atoms with Crippen molar-refractivity contribution >= 4 is 50.5 Å². The van der Waals surface area contributed by atoms with E-state index < -0.39 is 0 Å². The fourth-order valence-electron chi connectivity index (χ4n) is 3.05. The molecule has 0 aliphatic carbocycles. The highest BCUT2D eigenvalue weighted by Crippen LogP contribution is 2.13. The van der Waals surface area contributed by atoms with Gasteiger partial charge in [0.1, 0.15) is 11.6 Å². The lowest BCUT2D eigenvalue weighted by atomic mass is 10.1. The molecule has 0 N–H and O–H groups in total. The number of nitrogens with zero attached hydrogens (tertiary/aromatic N) is 4. The van der Waals surface area contributed by atoms with Gasteiger partial charge in [0.05, 0.1) is 22.8 Å². The van der Waals surface area contributed by atoms with Gasteiger partial charge in [0.2, 0.25) is 0 Å². The fraction of sp³-hybridized carbons (Fsp3) is 0.600. The highest BCUT2D eigenvalue weighted by molar-refractivity contribution is 7.79. The first kappa shape index (κ1) is 23.8. The lowest BCUT2D eigenvalue weighted by Gasteiger charge is -2.06. The second-order valence-electron chi connectivity index (χ2n) is 6.79. The van der Waals surface area contributed by atoms with Crippen molar-refractivity contribution < 1.29 is 0 Å². The fourth-order valence-corrected chi connectivity index (χ4v) is 3.70. The average Bonchev–Trinajstić information content (AvgIpc) is 2.74. The third kappa shape index (κ3) is 8.51. The van der Waals surface area contributed by atoms with Crippen molar-refractivity contribution in [1.82, 2.24) is 19.9 Å². The van der Waals surface area contributed by atoms with Crippen LogP contribution >= 0.6 is 50.5 Å². The molecule has 28 heavy (non-hydrogen) atoms. The molecule has 4 nitrogen and oxygen atoms in total. The summed E-state index contributed by atoms with van der Waals surface area (Å²) in [5.41, 5.74) is 3.95. The van der Waals surface area contributed by atoms with Crippen molar-refractivity contribution in [2.75, 3.05) is 0 Å². The van der Waals surface area contributed by atoms with Gasteiger partial charge >= 0.3 is 0 Å². The number of hydrogen-bond acceptors (Lipinski definition) is 8. The van der Waals surface area contributed by atoms with E-state index >= 15 is 0 Å². The molecular formula is C20H30N4S4. The number of hydrogen-bond donors (Lipinski definition) is 4. The molecule has 0 saturated heterocycles. The average molecular weight is 455 g/mol. The third-order valence-electron chi connectivity index (χ3n) is 4.46. The first-order valence-electron chi connectivity index (χ1n) is 9.83. The van der Waals surface area contributed by atoms with Crippen LogP contribution in [0.2, 0.25) is 0 Å². The zero-order chi connectivity index (χ0) is 20.2. The lowest BCUT2D eigenvalue weighted by molar-refractivity contribution is 0.582. The topological polar surface area (TPSA) is 51.6 Å². The van der Waals surface area contributed by atoms with Gasteiger partial charge in [-0.15, -0.1) is 0 Å². The summed E-state index contributed by atoms with van der Waals surface area (Å²) in [7, 11) is 0. The third-order valence-corrected chi connectivity index (χ3v) is 5.75. The molecule has 0 spiro atoms. The van der Waals surface area contributed by atoms with E-state index in [1.807, 2.05) is 12.1 Å². The molecule has 2 heterocycles. The van der Waals surface area contributed by atoms with Gasteiger partial charge in [-0.3, -0.25) is 0 Å². The van der Waals surface area contributed by atoms with Gasteiger partial charge in [-0.1, -0.05) is 25.7 Å². The van der Waals surface area contributed by atoms with Crippen LogP contribution in [0.25, 0.3) is 0 Å². The highest BCUT2D eigenvalue weighted by Gasteiger charge is 2.05. The first-order chi connectivity index (χ1) is 13.7. The molecule has 2 aromatic heterocycles. The Morgan fingerprint density at radius 3 is 1.04 bits per heavy atom. The van der Waals surface area contributed by atoms with Crippen LogP contribution in [0.4, 0.5) is 0 Å². The molecule has 0 aliphatic rings. The maximum Gasteiger partial charge on any atom is 0.128 e. The SMILES string of the molecule is SCc1cc(CS)nc(CCCCCCCCc2nc(CS)cc(CS)n2)n1. The molecule has 0 bridgehead atoms. The number of thiol groups is 4. The molecule has 2 aromatic rings. The second-order valence-corrected chi connectivity index (χ2v) is 8.05. The van der Waals surface area contributed by atoms with Crippen LogP contribution in [-0.4, -0.2) is 19.9 Å². The van der Waals surface area contributed by atoms with Crippen molar-refractivity contribution in [3.05, 3.63) is 46.6 Å². The Kier molecular flexibility index (Phi) is 11.7. The molecular weight excluding hydrogens is 425 g/mol. The molecule has 0 fully saturated rings. The van der Waals surface area contributed by atoms with Gasteiger partial charge in [0.25, 0.3) is 0 Å². The van der Waals surface area contributed by atoms with Gasteiger partial charge in [0.15, 0.2) is 0 Å². The number of aryl methyl sites for hydroxylation is 2. The monoisotopic (exact) mass is 454 g/mol. The molecule has 0 unspecified atom stereocenters. The van der Waals surface area contributed by atoms with Crippen LogP contribution in [0.5, 0.6) is 0 Å². The Balaban J connectivity index is 1.62. The van der Waals surface area contributed by atoms with Gasteiger partial charge in [-0.2, -0.15) is 50.5 Å². The summed E-state index contributed by atoms with van der Waals surface area (Å²) < 4.78 is 0. The van der Waals surface area contributed by atoms with Crippen LogP contribution in [0.15, 0.2) is 12.1 Å². The van der Waals surface area contributed by atoms with E-state index in [4.69, 9.17) is 0 Å². The standard InChI is InChI=1S/C20H30N4S4/c25-11-15-9-16(12-26)22-19(21-15)7-5-3-1-2-4-6-8-20-23-17(13-27)10-18(14-28)24-20/h9-10,25-28H,1-8,11-14H2. The van der Waals surface area contributed by atoms with Crippen LogP contribution in [0, 0.1) is 0 Å². The largest absolute Gasteiger partial charge is 0.237 e. The minimum absolute atomic E-state index is 0.645. The van der Waals surface area contributed by atoms with Crippen LogP contribution in [0.3, 0.4) is 0 Å².